The molecule has 110 valence electrons. The third kappa shape index (κ3) is 6.75. The number of benzene rings is 1. The van der Waals surface area contributed by atoms with E-state index in [1.807, 2.05) is 30.3 Å². The third-order valence-corrected chi connectivity index (χ3v) is 2.73. The summed E-state index contributed by atoms with van der Waals surface area (Å²) in [4.78, 5) is 23.6. The van der Waals surface area contributed by atoms with Crippen LogP contribution in [0.2, 0.25) is 0 Å². The Hall–Kier alpha value is -2.08. The molecular formula is C14H21N3O3. The van der Waals surface area contributed by atoms with Crippen LogP contribution in [0.15, 0.2) is 30.3 Å². The summed E-state index contributed by atoms with van der Waals surface area (Å²) in [5, 5.41) is 2.70. The van der Waals surface area contributed by atoms with Gasteiger partial charge in [0, 0.05) is 26.6 Å². The highest BCUT2D eigenvalue weighted by Gasteiger charge is 2.04. The first-order chi connectivity index (χ1) is 9.59. The molecule has 3 amide bonds. The third-order valence-electron chi connectivity index (χ3n) is 2.73. The molecule has 0 radical (unpaired) electrons. The molecule has 0 unspecified atom stereocenters. The molecule has 0 aliphatic rings. The molecule has 0 saturated heterocycles. The van der Waals surface area contributed by atoms with Crippen LogP contribution in [0.1, 0.15) is 12.0 Å². The monoisotopic (exact) mass is 279 g/mol. The summed E-state index contributed by atoms with van der Waals surface area (Å²) in [5.74, 6) is -0.101. The standard InChI is InChI=1S/C14H21N3O3/c1-17(14(15)19)9-8-16-13(18)7-10-20-11-12-5-3-2-4-6-12/h2-6H,7-11H2,1H3,(H2,15,19)(H,16,18). The highest BCUT2D eigenvalue weighted by Crippen LogP contribution is 2.00. The van der Waals surface area contributed by atoms with Gasteiger partial charge < -0.3 is 20.7 Å². The first-order valence-corrected chi connectivity index (χ1v) is 6.48. The second kappa shape index (κ2) is 8.92. The number of nitrogens with one attached hydrogen (secondary N) is 1. The lowest BCUT2D eigenvalue weighted by Crippen LogP contribution is -2.38. The van der Waals surface area contributed by atoms with Crippen molar-refractivity contribution in [3.05, 3.63) is 35.9 Å². The van der Waals surface area contributed by atoms with Gasteiger partial charge in [-0.15, -0.1) is 0 Å². The van der Waals surface area contributed by atoms with Crippen LogP contribution in [0.5, 0.6) is 0 Å². The molecule has 1 rings (SSSR count). The fraction of sp³-hybridized carbons (Fsp3) is 0.429. The molecule has 6 heteroatoms. The maximum atomic E-state index is 11.5. The number of primary amides is 1. The fourth-order valence-corrected chi connectivity index (χ4v) is 1.49. The quantitative estimate of drug-likeness (QED) is 0.688. The van der Waals surface area contributed by atoms with Gasteiger partial charge in [0.15, 0.2) is 0 Å². The van der Waals surface area contributed by atoms with Crippen molar-refractivity contribution < 1.29 is 14.3 Å². The lowest BCUT2D eigenvalue weighted by Gasteiger charge is -2.14. The minimum atomic E-state index is -0.509. The molecule has 0 bridgehead atoms. The molecule has 1 aromatic carbocycles. The predicted molar refractivity (Wildman–Crippen MR) is 75.9 cm³/mol. The first-order valence-electron chi connectivity index (χ1n) is 6.48. The SMILES string of the molecule is CN(CCNC(=O)CCOCc1ccccc1)C(N)=O. The van der Waals surface area contributed by atoms with E-state index < -0.39 is 6.03 Å². The lowest BCUT2D eigenvalue weighted by molar-refractivity contribution is -0.122. The van der Waals surface area contributed by atoms with Gasteiger partial charge in [0.2, 0.25) is 5.91 Å². The average Bonchev–Trinajstić information content (AvgIpc) is 2.44. The predicted octanol–water partition coefficient (Wildman–Crippen LogP) is 0.720. The fourth-order valence-electron chi connectivity index (χ4n) is 1.49. The van der Waals surface area contributed by atoms with Crippen molar-refractivity contribution in [1.29, 1.82) is 0 Å². The lowest BCUT2D eigenvalue weighted by atomic mass is 10.2. The van der Waals surface area contributed by atoms with Crippen molar-refractivity contribution in [3.63, 3.8) is 0 Å². The minimum absolute atomic E-state index is 0.101. The normalized spacial score (nSPS) is 10.1. The zero-order chi connectivity index (χ0) is 14.8. The summed E-state index contributed by atoms with van der Waals surface area (Å²) in [7, 11) is 1.58. The highest BCUT2D eigenvalue weighted by atomic mass is 16.5. The van der Waals surface area contributed by atoms with E-state index in [1.54, 1.807) is 7.05 Å². The van der Waals surface area contributed by atoms with Crippen molar-refractivity contribution in [2.45, 2.75) is 13.0 Å². The van der Waals surface area contributed by atoms with Crippen LogP contribution in [0, 0.1) is 0 Å². The molecule has 0 fully saturated rings. The first kappa shape index (κ1) is 16.0. The van der Waals surface area contributed by atoms with E-state index in [-0.39, 0.29) is 5.91 Å². The Balaban J connectivity index is 2.04. The van der Waals surface area contributed by atoms with Gasteiger partial charge in [0.05, 0.1) is 13.2 Å². The molecule has 6 nitrogen and oxygen atoms in total. The molecule has 0 aliphatic heterocycles. The minimum Gasteiger partial charge on any atom is -0.376 e. The van der Waals surface area contributed by atoms with Crippen LogP contribution < -0.4 is 11.1 Å². The Bertz CT molecular complexity index is 423. The molecule has 3 N–H and O–H groups in total. The Morgan fingerprint density at radius 2 is 2.00 bits per heavy atom. The molecule has 0 saturated carbocycles. The Labute approximate surface area is 118 Å². The number of carbonyl (C=O) groups is 2. The van der Waals surface area contributed by atoms with Crippen LogP contribution in [0.25, 0.3) is 0 Å². The van der Waals surface area contributed by atoms with Gasteiger partial charge in [-0.05, 0) is 5.56 Å². The molecule has 20 heavy (non-hydrogen) atoms. The number of likely N-dealkylation sites (N-methyl/N-ethyl adjacent to an activating group) is 1. The van der Waals surface area contributed by atoms with Crippen molar-refractivity contribution >= 4 is 11.9 Å². The van der Waals surface area contributed by atoms with Crippen molar-refractivity contribution in [1.82, 2.24) is 10.2 Å². The van der Waals surface area contributed by atoms with Crippen molar-refractivity contribution in [2.75, 3.05) is 26.7 Å². The Morgan fingerprint density at radius 1 is 1.30 bits per heavy atom. The molecule has 0 atom stereocenters. The number of amides is 3. The van der Waals surface area contributed by atoms with E-state index in [1.165, 1.54) is 4.90 Å². The number of nitrogens with two attached hydrogens (primary N) is 1. The van der Waals surface area contributed by atoms with E-state index in [4.69, 9.17) is 10.5 Å². The van der Waals surface area contributed by atoms with E-state index in [2.05, 4.69) is 5.32 Å². The molecule has 1 aromatic rings. The zero-order valence-electron chi connectivity index (χ0n) is 11.7. The zero-order valence-corrected chi connectivity index (χ0v) is 11.7. The second-order valence-corrected chi connectivity index (χ2v) is 4.40. The summed E-state index contributed by atoms with van der Waals surface area (Å²) < 4.78 is 5.41. The van der Waals surface area contributed by atoms with Crippen LogP contribution in [0.4, 0.5) is 4.79 Å². The average molecular weight is 279 g/mol. The summed E-state index contributed by atoms with van der Waals surface area (Å²) in [6.07, 6.45) is 0.299. The number of urea groups is 1. The maximum absolute atomic E-state index is 11.5. The van der Waals surface area contributed by atoms with E-state index in [9.17, 15) is 9.59 Å². The van der Waals surface area contributed by atoms with Crippen molar-refractivity contribution in [2.24, 2.45) is 5.73 Å². The molecule has 0 aliphatic carbocycles. The van der Waals surface area contributed by atoms with Gasteiger partial charge in [-0.2, -0.15) is 0 Å². The summed E-state index contributed by atoms with van der Waals surface area (Å²) in [6, 6.07) is 9.27. The Kier molecular flexibility index (Phi) is 7.13. The number of carbonyl (C=O) groups excluding carboxylic acids is 2. The Morgan fingerprint density at radius 3 is 2.65 bits per heavy atom. The number of rotatable bonds is 8. The summed E-state index contributed by atoms with van der Waals surface area (Å²) in [5.41, 5.74) is 6.14. The topological polar surface area (TPSA) is 84.7 Å². The molecule has 0 spiro atoms. The van der Waals surface area contributed by atoms with Crippen LogP contribution in [-0.2, 0) is 16.1 Å². The van der Waals surface area contributed by atoms with E-state index in [0.717, 1.165) is 5.56 Å². The van der Waals surface area contributed by atoms with Crippen LogP contribution in [0.3, 0.4) is 0 Å². The van der Waals surface area contributed by atoms with E-state index >= 15 is 0 Å². The van der Waals surface area contributed by atoms with E-state index in [0.29, 0.717) is 32.7 Å². The van der Waals surface area contributed by atoms with Gasteiger partial charge >= 0.3 is 6.03 Å². The maximum Gasteiger partial charge on any atom is 0.314 e. The highest BCUT2D eigenvalue weighted by molar-refractivity contribution is 5.76. The van der Waals surface area contributed by atoms with Gasteiger partial charge in [-0.25, -0.2) is 4.79 Å². The number of ether oxygens (including phenoxy) is 1. The smallest absolute Gasteiger partial charge is 0.314 e. The second-order valence-electron chi connectivity index (χ2n) is 4.40. The summed E-state index contributed by atoms with van der Waals surface area (Å²) in [6.45, 7) is 1.65. The molecular weight excluding hydrogens is 258 g/mol. The van der Waals surface area contributed by atoms with Crippen LogP contribution >= 0.6 is 0 Å². The number of hydrogen-bond donors (Lipinski definition) is 2. The van der Waals surface area contributed by atoms with Gasteiger partial charge in [-0.1, -0.05) is 30.3 Å². The van der Waals surface area contributed by atoms with Gasteiger partial charge in [-0.3, -0.25) is 4.79 Å². The number of nitrogens with zero attached hydrogens (tertiary/aromatic N) is 1. The molecule has 0 aromatic heterocycles. The molecule has 0 heterocycles. The summed E-state index contributed by atoms with van der Waals surface area (Å²) >= 11 is 0. The van der Waals surface area contributed by atoms with Gasteiger partial charge in [0.1, 0.15) is 0 Å². The number of hydrogen-bond acceptors (Lipinski definition) is 3. The largest absolute Gasteiger partial charge is 0.376 e. The van der Waals surface area contributed by atoms with Crippen LogP contribution in [-0.4, -0.2) is 43.6 Å². The van der Waals surface area contributed by atoms with Gasteiger partial charge in [0.25, 0.3) is 0 Å². The van der Waals surface area contributed by atoms with Crippen molar-refractivity contribution in [3.8, 4) is 0 Å².